The summed E-state index contributed by atoms with van der Waals surface area (Å²) in [4.78, 5) is 11.9. The quantitative estimate of drug-likeness (QED) is 0.624. The highest BCUT2D eigenvalue weighted by Gasteiger charge is 2.13. The number of thioether (sulfide) groups is 1. The molecule has 0 radical (unpaired) electrons. The van der Waals surface area contributed by atoms with Crippen molar-refractivity contribution in [3.63, 3.8) is 0 Å². The minimum absolute atomic E-state index is 0.0768. The summed E-state index contributed by atoms with van der Waals surface area (Å²) in [6.07, 6.45) is 4.96. The molecule has 0 aliphatic carbocycles. The fraction of sp³-hybridized carbons (Fsp3) is 0.308. The SMILES string of the molecule is C=CCn1cnnc1SCC(=O)N[C@H](C)c1ccco1. The lowest BCUT2D eigenvalue weighted by Crippen LogP contribution is -2.28. The van der Waals surface area contributed by atoms with Crippen molar-refractivity contribution < 1.29 is 9.21 Å². The van der Waals surface area contributed by atoms with Gasteiger partial charge in [-0.3, -0.25) is 4.79 Å². The van der Waals surface area contributed by atoms with Crippen LogP contribution in [-0.2, 0) is 11.3 Å². The van der Waals surface area contributed by atoms with Crippen LogP contribution in [0, 0.1) is 0 Å². The van der Waals surface area contributed by atoms with Gasteiger partial charge in [0, 0.05) is 6.54 Å². The van der Waals surface area contributed by atoms with Gasteiger partial charge in [-0.05, 0) is 19.1 Å². The van der Waals surface area contributed by atoms with Gasteiger partial charge < -0.3 is 14.3 Å². The van der Waals surface area contributed by atoms with Gasteiger partial charge in [0.25, 0.3) is 0 Å². The molecule has 0 spiro atoms. The fourth-order valence-electron chi connectivity index (χ4n) is 1.64. The van der Waals surface area contributed by atoms with Gasteiger partial charge in [0.05, 0.1) is 18.1 Å². The molecule has 2 aromatic rings. The van der Waals surface area contributed by atoms with Gasteiger partial charge in [-0.1, -0.05) is 17.8 Å². The van der Waals surface area contributed by atoms with Crippen LogP contribution < -0.4 is 5.32 Å². The van der Waals surface area contributed by atoms with Gasteiger partial charge in [-0.15, -0.1) is 16.8 Å². The average molecular weight is 292 g/mol. The van der Waals surface area contributed by atoms with Crippen molar-refractivity contribution in [3.05, 3.63) is 43.1 Å². The Morgan fingerprint density at radius 2 is 2.55 bits per heavy atom. The molecule has 0 unspecified atom stereocenters. The van der Waals surface area contributed by atoms with E-state index in [1.165, 1.54) is 11.8 Å². The van der Waals surface area contributed by atoms with E-state index in [1.54, 1.807) is 24.7 Å². The normalized spacial score (nSPS) is 12.1. The third-order valence-corrected chi connectivity index (χ3v) is 3.57. The van der Waals surface area contributed by atoms with E-state index in [1.807, 2.05) is 17.6 Å². The molecule has 0 bridgehead atoms. The van der Waals surface area contributed by atoms with Gasteiger partial charge in [0.15, 0.2) is 5.16 Å². The van der Waals surface area contributed by atoms with Gasteiger partial charge in [-0.2, -0.15) is 0 Å². The number of allylic oxidation sites excluding steroid dienone is 1. The second-order valence-corrected chi connectivity index (χ2v) is 5.09. The molecule has 6 nitrogen and oxygen atoms in total. The van der Waals surface area contributed by atoms with Crippen LogP contribution in [0.2, 0.25) is 0 Å². The summed E-state index contributed by atoms with van der Waals surface area (Å²) in [6, 6.07) is 3.48. The highest BCUT2D eigenvalue weighted by Crippen LogP contribution is 2.16. The zero-order chi connectivity index (χ0) is 14.4. The number of rotatable bonds is 7. The number of furan rings is 1. The number of hydrogen-bond acceptors (Lipinski definition) is 5. The van der Waals surface area contributed by atoms with Gasteiger partial charge in [-0.25, -0.2) is 0 Å². The monoisotopic (exact) mass is 292 g/mol. The first-order valence-corrected chi connectivity index (χ1v) is 7.13. The Morgan fingerprint density at radius 3 is 3.25 bits per heavy atom. The molecule has 1 N–H and O–H groups in total. The molecule has 2 heterocycles. The predicted octanol–water partition coefficient (Wildman–Crippen LogP) is 2.03. The molecule has 2 aromatic heterocycles. The van der Waals surface area contributed by atoms with E-state index >= 15 is 0 Å². The van der Waals surface area contributed by atoms with Crippen LogP contribution in [-0.4, -0.2) is 26.4 Å². The smallest absolute Gasteiger partial charge is 0.231 e. The molecular weight excluding hydrogens is 276 g/mol. The zero-order valence-corrected chi connectivity index (χ0v) is 12.0. The maximum atomic E-state index is 11.9. The number of carbonyl (C=O) groups is 1. The van der Waals surface area contributed by atoms with E-state index < -0.39 is 0 Å². The first-order chi connectivity index (χ1) is 9.70. The molecule has 1 atom stereocenters. The predicted molar refractivity (Wildman–Crippen MR) is 76.2 cm³/mol. The molecule has 20 heavy (non-hydrogen) atoms. The Hall–Kier alpha value is -2.02. The molecular formula is C13H16N4O2S. The van der Waals surface area contributed by atoms with Gasteiger partial charge in [0.2, 0.25) is 5.91 Å². The molecule has 0 fully saturated rings. The molecule has 0 aliphatic heterocycles. The fourth-order valence-corrected chi connectivity index (χ4v) is 2.38. The standard InChI is InChI=1S/C13H16N4O2S/c1-3-6-17-9-14-16-13(17)20-8-12(18)15-10(2)11-5-4-7-19-11/h3-5,7,9-10H,1,6,8H2,2H3,(H,15,18)/t10-/m1/s1. The summed E-state index contributed by atoms with van der Waals surface area (Å²) in [7, 11) is 0. The molecule has 0 saturated heterocycles. The summed E-state index contributed by atoms with van der Waals surface area (Å²) < 4.78 is 7.07. The van der Waals surface area contributed by atoms with E-state index in [2.05, 4.69) is 22.1 Å². The molecule has 106 valence electrons. The van der Waals surface area contributed by atoms with Gasteiger partial charge in [0.1, 0.15) is 12.1 Å². The van der Waals surface area contributed by atoms with Crippen molar-refractivity contribution in [3.8, 4) is 0 Å². The Kier molecular flexibility index (Phi) is 5.00. The van der Waals surface area contributed by atoms with E-state index in [0.29, 0.717) is 11.7 Å². The third kappa shape index (κ3) is 3.74. The maximum absolute atomic E-state index is 11.9. The lowest BCUT2D eigenvalue weighted by atomic mass is 10.2. The Balaban J connectivity index is 1.83. The van der Waals surface area contributed by atoms with Crippen molar-refractivity contribution >= 4 is 17.7 Å². The number of aromatic nitrogens is 3. The highest BCUT2D eigenvalue weighted by molar-refractivity contribution is 7.99. The number of nitrogens with zero attached hydrogens (tertiary/aromatic N) is 3. The second-order valence-electron chi connectivity index (χ2n) is 4.15. The Morgan fingerprint density at radius 1 is 1.70 bits per heavy atom. The first kappa shape index (κ1) is 14.4. The lowest BCUT2D eigenvalue weighted by molar-refractivity contribution is -0.119. The maximum Gasteiger partial charge on any atom is 0.231 e. The van der Waals surface area contributed by atoms with E-state index in [0.717, 1.165) is 5.76 Å². The van der Waals surface area contributed by atoms with Crippen LogP contribution >= 0.6 is 11.8 Å². The second kappa shape index (κ2) is 6.95. The minimum atomic E-state index is -0.149. The topological polar surface area (TPSA) is 73.0 Å². The largest absolute Gasteiger partial charge is 0.467 e. The summed E-state index contributed by atoms with van der Waals surface area (Å²) in [5.74, 6) is 0.936. The van der Waals surface area contributed by atoms with E-state index in [9.17, 15) is 4.79 Å². The van der Waals surface area contributed by atoms with Crippen molar-refractivity contribution in [2.24, 2.45) is 0 Å². The van der Waals surface area contributed by atoms with Crippen molar-refractivity contribution in [2.75, 3.05) is 5.75 Å². The Labute approximate surface area is 121 Å². The zero-order valence-electron chi connectivity index (χ0n) is 11.2. The highest BCUT2D eigenvalue weighted by atomic mass is 32.2. The van der Waals surface area contributed by atoms with Crippen LogP contribution in [0.5, 0.6) is 0 Å². The minimum Gasteiger partial charge on any atom is -0.467 e. The van der Waals surface area contributed by atoms with E-state index in [-0.39, 0.29) is 17.7 Å². The number of carbonyl (C=O) groups excluding carboxylic acids is 1. The molecule has 1 amide bonds. The van der Waals surface area contributed by atoms with Crippen LogP contribution in [0.4, 0.5) is 0 Å². The van der Waals surface area contributed by atoms with Crippen molar-refractivity contribution in [1.82, 2.24) is 20.1 Å². The summed E-state index contributed by atoms with van der Waals surface area (Å²) in [5, 5.41) is 11.3. The van der Waals surface area contributed by atoms with Crippen LogP contribution in [0.25, 0.3) is 0 Å². The Bertz CT molecular complexity index is 565. The van der Waals surface area contributed by atoms with Crippen molar-refractivity contribution in [2.45, 2.75) is 24.7 Å². The van der Waals surface area contributed by atoms with Crippen LogP contribution in [0.3, 0.4) is 0 Å². The molecule has 0 aliphatic rings. The summed E-state index contributed by atoms with van der Waals surface area (Å²) in [6.45, 7) is 6.17. The van der Waals surface area contributed by atoms with Crippen molar-refractivity contribution in [1.29, 1.82) is 0 Å². The van der Waals surface area contributed by atoms with E-state index in [4.69, 9.17) is 4.42 Å². The molecule has 0 aromatic carbocycles. The average Bonchev–Trinajstić information content (AvgIpc) is 3.08. The first-order valence-electron chi connectivity index (χ1n) is 6.15. The van der Waals surface area contributed by atoms with Crippen LogP contribution in [0.1, 0.15) is 18.7 Å². The number of nitrogens with one attached hydrogen (secondary N) is 1. The summed E-state index contributed by atoms with van der Waals surface area (Å²) >= 11 is 1.34. The molecule has 7 heteroatoms. The molecule has 0 saturated carbocycles. The lowest BCUT2D eigenvalue weighted by Gasteiger charge is -2.11. The van der Waals surface area contributed by atoms with Crippen LogP contribution in [0.15, 0.2) is 47.0 Å². The number of amides is 1. The van der Waals surface area contributed by atoms with Gasteiger partial charge >= 0.3 is 0 Å². The third-order valence-electron chi connectivity index (χ3n) is 2.59. The molecule has 2 rings (SSSR count). The number of hydrogen-bond donors (Lipinski definition) is 1. The summed E-state index contributed by atoms with van der Waals surface area (Å²) in [5.41, 5.74) is 0.